The summed E-state index contributed by atoms with van der Waals surface area (Å²) in [5, 5.41) is 2.99. The molecule has 0 bridgehead atoms. The number of hydrogen-bond acceptors (Lipinski definition) is 4. The van der Waals surface area contributed by atoms with Gasteiger partial charge in [0.2, 0.25) is 5.91 Å². The standard InChI is InChI=1S/C11H14Cl2N4O/c12-8-9(13)15-5-16-10(8)17-11(18)6-1-3-7(14)4-2-6/h5-7H,1-4,14H2,(H,15,16,17,18). The highest BCUT2D eigenvalue weighted by atomic mass is 35.5. The van der Waals surface area contributed by atoms with Crippen LogP contribution in [-0.2, 0) is 4.79 Å². The van der Waals surface area contributed by atoms with Crippen molar-refractivity contribution in [2.75, 3.05) is 5.32 Å². The van der Waals surface area contributed by atoms with Gasteiger partial charge in [-0.3, -0.25) is 4.79 Å². The Kier molecular flexibility index (Phi) is 4.37. The van der Waals surface area contributed by atoms with Crippen LogP contribution in [0.1, 0.15) is 25.7 Å². The van der Waals surface area contributed by atoms with Crippen LogP contribution in [0.15, 0.2) is 6.33 Å². The molecule has 0 spiro atoms. The largest absolute Gasteiger partial charge is 0.328 e. The summed E-state index contributed by atoms with van der Waals surface area (Å²) in [4.78, 5) is 19.7. The molecule has 0 saturated heterocycles. The Labute approximate surface area is 115 Å². The van der Waals surface area contributed by atoms with E-state index < -0.39 is 0 Å². The van der Waals surface area contributed by atoms with E-state index in [1.807, 2.05) is 0 Å². The zero-order chi connectivity index (χ0) is 13.1. The molecule has 1 aromatic heterocycles. The normalized spacial score (nSPS) is 23.7. The Morgan fingerprint density at radius 3 is 2.61 bits per heavy atom. The molecule has 0 unspecified atom stereocenters. The molecule has 1 saturated carbocycles. The summed E-state index contributed by atoms with van der Waals surface area (Å²) in [6.45, 7) is 0. The highest BCUT2D eigenvalue weighted by Gasteiger charge is 2.25. The smallest absolute Gasteiger partial charge is 0.228 e. The monoisotopic (exact) mass is 288 g/mol. The van der Waals surface area contributed by atoms with Gasteiger partial charge in [0.05, 0.1) is 0 Å². The molecule has 2 rings (SSSR count). The van der Waals surface area contributed by atoms with Crippen LogP contribution in [0.25, 0.3) is 0 Å². The summed E-state index contributed by atoms with van der Waals surface area (Å²) >= 11 is 11.7. The molecule has 0 atom stereocenters. The van der Waals surface area contributed by atoms with Gasteiger partial charge in [0.15, 0.2) is 11.0 Å². The average Bonchev–Trinajstić information content (AvgIpc) is 2.36. The van der Waals surface area contributed by atoms with Crippen LogP contribution in [0.3, 0.4) is 0 Å². The molecule has 1 aliphatic rings. The molecule has 1 aliphatic carbocycles. The number of aromatic nitrogens is 2. The minimum absolute atomic E-state index is 0.0328. The van der Waals surface area contributed by atoms with E-state index in [0.717, 1.165) is 25.7 Å². The van der Waals surface area contributed by atoms with E-state index in [1.165, 1.54) is 6.33 Å². The predicted octanol–water partition coefficient (Wildman–Crippen LogP) is 2.24. The summed E-state index contributed by atoms with van der Waals surface area (Å²) in [5.74, 6) is 0.143. The molecular formula is C11H14Cl2N4O. The third-order valence-electron chi connectivity index (χ3n) is 3.13. The maximum Gasteiger partial charge on any atom is 0.228 e. The lowest BCUT2D eigenvalue weighted by molar-refractivity contribution is -0.120. The number of nitrogens with two attached hydrogens (primary N) is 1. The molecule has 0 radical (unpaired) electrons. The lowest BCUT2D eigenvalue weighted by atomic mass is 9.86. The first-order valence-corrected chi connectivity index (χ1v) is 6.56. The topological polar surface area (TPSA) is 80.9 Å². The molecule has 98 valence electrons. The molecule has 0 aromatic carbocycles. The Hall–Kier alpha value is -0.910. The number of anilines is 1. The number of hydrogen-bond donors (Lipinski definition) is 2. The van der Waals surface area contributed by atoms with Gasteiger partial charge in [-0.25, -0.2) is 9.97 Å². The van der Waals surface area contributed by atoms with Crippen molar-refractivity contribution in [3.8, 4) is 0 Å². The second-order valence-electron chi connectivity index (χ2n) is 4.43. The fourth-order valence-electron chi connectivity index (χ4n) is 2.04. The molecule has 1 heterocycles. The first-order valence-electron chi connectivity index (χ1n) is 5.80. The van der Waals surface area contributed by atoms with Gasteiger partial charge in [-0.1, -0.05) is 23.2 Å². The first-order chi connectivity index (χ1) is 8.58. The van der Waals surface area contributed by atoms with Crippen molar-refractivity contribution < 1.29 is 4.79 Å². The summed E-state index contributed by atoms with van der Waals surface area (Å²) in [7, 11) is 0. The second-order valence-corrected chi connectivity index (χ2v) is 5.16. The van der Waals surface area contributed by atoms with Crippen LogP contribution < -0.4 is 11.1 Å². The SMILES string of the molecule is NC1CCC(C(=O)Nc2ncnc(Cl)c2Cl)CC1. The molecule has 1 aromatic rings. The van der Waals surface area contributed by atoms with Crippen molar-refractivity contribution >= 4 is 34.9 Å². The zero-order valence-electron chi connectivity index (χ0n) is 9.70. The van der Waals surface area contributed by atoms with Crippen molar-refractivity contribution in [1.82, 2.24) is 9.97 Å². The van der Waals surface area contributed by atoms with Gasteiger partial charge in [0.1, 0.15) is 11.3 Å². The summed E-state index contributed by atoms with van der Waals surface area (Å²) in [6, 6.07) is 0.214. The fraction of sp³-hybridized carbons (Fsp3) is 0.545. The van der Waals surface area contributed by atoms with Gasteiger partial charge in [0.25, 0.3) is 0 Å². The van der Waals surface area contributed by atoms with Gasteiger partial charge in [-0.05, 0) is 25.7 Å². The minimum atomic E-state index is -0.0847. The van der Waals surface area contributed by atoms with E-state index >= 15 is 0 Å². The molecule has 5 nitrogen and oxygen atoms in total. The molecule has 18 heavy (non-hydrogen) atoms. The molecule has 0 aliphatic heterocycles. The maximum atomic E-state index is 12.0. The fourth-order valence-corrected chi connectivity index (χ4v) is 2.31. The van der Waals surface area contributed by atoms with Crippen molar-refractivity contribution in [2.24, 2.45) is 11.7 Å². The van der Waals surface area contributed by atoms with E-state index in [4.69, 9.17) is 28.9 Å². The van der Waals surface area contributed by atoms with Crippen molar-refractivity contribution in [1.29, 1.82) is 0 Å². The third kappa shape index (κ3) is 3.10. The highest BCUT2D eigenvalue weighted by Crippen LogP contribution is 2.28. The van der Waals surface area contributed by atoms with E-state index in [1.54, 1.807) is 0 Å². The second kappa shape index (κ2) is 5.82. The van der Waals surface area contributed by atoms with Crippen LogP contribution in [0, 0.1) is 5.92 Å². The molecule has 7 heteroatoms. The quantitative estimate of drug-likeness (QED) is 0.818. The lowest BCUT2D eigenvalue weighted by Gasteiger charge is -2.25. The molecule has 3 N–H and O–H groups in total. The number of amides is 1. The zero-order valence-corrected chi connectivity index (χ0v) is 11.2. The average molecular weight is 289 g/mol. The number of rotatable bonds is 2. The highest BCUT2D eigenvalue weighted by molar-refractivity contribution is 6.42. The van der Waals surface area contributed by atoms with Crippen LogP contribution >= 0.6 is 23.2 Å². The maximum absolute atomic E-state index is 12.0. The number of carbonyl (C=O) groups excluding carboxylic acids is 1. The number of halogens is 2. The van der Waals surface area contributed by atoms with Crippen LogP contribution in [0.4, 0.5) is 5.82 Å². The van der Waals surface area contributed by atoms with Gasteiger partial charge < -0.3 is 11.1 Å². The molecule has 1 amide bonds. The van der Waals surface area contributed by atoms with Crippen LogP contribution in [-0.4, -0.2) is 21.9 Å². The number of nitrogens with one attached hydrogen (secondary N) is 1. The van der Waals surface area contributed by atoms with Crippen LogP contribution in [0.5, 0.6) is 0 Å². The van der Waals surface area contributed by atoms with Gasteiger partial charge >= 0.3 is 0 Å². The summed E-state index contributed by atoms with van der Waals surface area (Å²) in [6.07, 6.45) is 4.60. The first kappa shape index (κ1) is 13.5. The van der Waals surface area contributed by atoms with Gasteiger partial charge in [-0.2, -0.15) is 0 Å². The molecule has 1 fully saturated rings. The Morgan fingerprint density at radius 1 is 1.28 bits per heavy atom. The van der Waals surface area contributed by atoms with E-state index in [9.17, 15) is 4.79 Å². The summed E-state index contributed by atoms with van der Waals surface area (Å²) < 4.78 is 0. The van der Waals surface area contributed by atoms with E-state index in [0.29, 0.717) is 0 Å². The van der Waals surface area contributed by atoms with E-state index in [2.05, 4.69) is 15.3 Å². The Balaban J connectivity index is 2.01. The van der Waals surface area contributed by atoms with Crippen LogP contribution in [0.2, 0.25) is 10.2 Å². The minimum Gasteiger partial charge on any atom is -0.328 e. The number of nitrogens with zero attached hydrogens (tertiary/aromatic N) is 2. The van der Waals surface area contributed by atoms with Crippen molar-refractivity contribution in [3.63, 3.8) is 0 Å². The predicted molar refractivity (Wildman–Crippen MR) is 70.6 cm³/mol. The lowest BCUT2D eigenvalue weighted by Crippen LogP contribution is -2.32. The van der Waals surface area contributed by atoms with Crippen molar-refractivity contribution in [3.05, 3.63) is 16.5 Å². The van der Waals surface area contributed by atoms with Gasteiger partial charge in [0, 0.05) is 12.0 Å². The van der Waals surface area contributed by atoms with Crippen molar-refractivity contribution in [2.45, 2.75) is 31.7 Å². The Bertz CT molecular complexity index is 447. The summed E-state index contributed by atoms with van der Waals surface area (Å²) in [5.41, 5.74) is 5.80. The third-order valence-corrected chi connectivity index (χ3v) is 3.87. The number of carbonyl (C=O) groups is 1. The molecular weight excluding hydrogens is 275 g/mol. The Morgan fingerprint density at radius 2 is 1.94 bits per heavy atom. The van der Waals surface area contributed by atoms with E-state index in [-0.39, 0.29) is 33.9 Å². The van der Waals surface area contributed by atoms with Gasteiger partial charge in [-0.15, -0.1) is 0 Å².